The summed E-state index contributed by atoms with van der Waals surface area (Å²) in [6, 6.07) is 1.46. The van der Waals surface area contributed by atoms with Gasteiger partial charge in [-0.3, -0.25) is 0 Å². The van der Waals surface area contributed by atoms with Crippen molar-refractivity contribution in [3.05, 3.63) is 16.6 Å². The number of rotatable bonds is 4. The maximum absolute atomic E-state index is 4.36. The van der Waals surface area contributed by atoms with Crippen LogP contribution in [-0.2, 0) is 6.54 Å². The van der Waals surface area contributed by atoms with Gasteiger partial charge in [-0.05, 0) is 38.1 Å². The van der Waals surface area contributed by atoms with Gasteiger partial charge in [-0.25, -0.2) is 4.98 Å². The second-order valence-corrected chi connectivity index (χ2v) is 6.54. The van der Waals surface area contributed by atoms with Crippen molar-refractivity contribution in [2.75, 3.05) is 6.54 Å². The summed E-state index contributed by atoms with van der Waals surface area (Å²) in [5.74, 6) is 0.834. The van der Waals surface area contributed by atoms with Crippen molar-refractivity contribution in [2.45, 2.75) is 57.2 Å². The molecular formula is C14H23N3S. The molecule has 3 nitrogen and oxygen atoms in total. The lowest BCUT2D eigenvalue weighted by molar-refractivity contribution is 0.213. The van der Waals surface area contributed by atoms with E-state index in [2.05, 4.69) is 21.0 Å². The summed E-state index contributed by atoms with van der Waals surface area (Å²) in [7, 11) is 0. The van der Waals surface area contributed by atoms with Crippen LogP contribution in [0.4, 0.5) is 0 Å². The predicted octanol–water partition coefficient (Wildman–Crippen LogP) is 2.54. The van der Waals surface area contributed by atoms with E-state index in [4.69, 9.17) is 0 Å². The average Bonchev–Trinajstić information content (AvgIpc) is 3.10. The number of thiazole rings is 1. The molecule has 0 spiro atoms. The third-order valence-corrected chi connectivity index (χ3v) is 5.21. The van der Waals surface area contributed by atoms with Crippen molar-refractivity contribution in [3.63, 3.8) is 0 Å². The molecule has 4 heteroatoms. The van der Waals surface area contributed by atoms with Crippen LogP contribution >= 0.6 is 11.3 Å². The minimum Gasteiger partial charge on any atom is -0.314 e. The van der Waals surface area contributed by atoms with Gasteiger partial charge in [-0.15, -0.1) is 11.3 Å². The second kappa shape index (κ2) is 6.13. The highest BCUT2D eigenvalue weighted by Gasteiger charge is 2.32. The topological polar surface area (TPSA) is 37.0 Å². The molecule has 1 saturated heterocycles. The monoisotopic (exact) mass is 265 g/mol. The largest absolute Gasteiger partial charge is 0.314 e. The Morgan fingerprint density at radius 1 is 1.28 bits per heavy atom. The Balaban J connectivity index is 1.57. The van der Waals surface area contributed by atoms with E-state index in [1.165, 1.54) is 50.1 Å². The van der Waals surface area contributed by atoms with Crippen LogP contribution in [0, 0.1) is 5.92 Å². The zero-order valence-electron chi connectivity index (χ0n) is 10.9. The van der Waals surface area contributed by atoms with Crippen LogP contribution < -0.4 is 10.6 Å². The molecule has 0 aromatic carbocycles. The van der Waals surface area contributed by atoms with E-state index in [-0.39, 0.29) is 0 Å². The maximum Gasteiger partial charge on any atom is 0.106 e. The quantitative estimate of drug-likeness (QED) is 0.878. The first kappa shape index (κ1) is 12.6. The van der Waals surface area contributed by atoms with Gasteiger partial charge in [0, 0.05) is 30.2 Å². The van der Waals surface area contributed by atoms with Gasteiger partial charge < -0.3 is 10.6 Å². The number of aromatic nitrogens is 1. The molecule has 1 aromatic heterocycles. The van der Waals surface area contributed by atoms with E-state index in [0.29, 0.717) is 6.04 Å². The van der Waals surface area contributed by atoms with Gasteiger partial charge in [0.15, 0.2) is 0 Å². The van der Waals surface area contributed by atoms with Crippen LogP contribution in [0.1, 0.15) is 43.5 Å². The van der Waals surface area contributed by atoms with Crippen molar-refractivity contribution in [1.29, 1.82) is 0 Å². The van der Waals surface area contributed by atoms with Crippen molar-refractivity contribution < 1.29 is 0 Å². The molecule has 1 aliphatic heterocycles. The van der Waals surface area contributed by atoms with E-state index in [1.807, 2.05) is 6.20 Å². The molecule has 3 unspecified atom stereocenters. The van der Waals surface area contributed by atoms with E-state index in [9.17, 15) is 0 Å². The van der Waals surface area contributed by atoms with Crippen molar-refractivity contribution >= 4 is 11.3 Å². The van der Waals surface area contributed by atoms with Gasteiger partial charge >= 0.3 is 0 Å². The Morgan fingerprint density at radius 2 is 2.22 bits per heavy atom. The molecule has 2 fully saturated rings. The fourth-order valence-corrected chi connectivity index (χ4v) is 4.10. The highest BCUT2D eigenvalue weighted by atomic mass is 32.1. The summed E-state index contributed by atoms with van der Waals surface area (Å²) in [5.41, 5.74) is 0. The zero-order valence-corrected chi connectivity index (χ0v) is 11.7. The minimum absolute atomic E-state index is 0.693. The zero-order chi connectivity index (χ0) is 12.2. The number of nitrogens with one attached hydrogen (secondary N) is 2. The first-order chi connectivity index (χ1) is 8.93. The van der Waals surface area contributed by atoms with Crippen molar-refractivity contribution in [3.8, 4) is 0 Å². The Hall–Kier alpha value is -0.450. The van der Waals surface area contributed by atoms with Gasteiger partial charge in [0.2, 0.25) is 0 Å². The molecule has 2 aliphatic rings. The van der Waals surface area contributed by atoms with Crippen LogP contribution in [0.15, 0.2) is 11.6 Å². The fraction of sp³-hybridized carbons (Fsp3) is 0.786. The SMILES string of the molecule is c1csc(CNC2CCCCC2C2CCCN2)n1. The Labute approximate surface area is 113 Å². The molecule has 2 heterocycles. The standard InChI is InChI=1S/C14H23N3S/c1-2-5-13(17-10-14-16-8-9-18-14)11(4-1)12-6-3-7-15-12/h8-9,11-13,15,17H,1-7,10H2. The lowest BCUT2D eigenvalue weighted by atomic mass is 9.79. The fourth-order valence-electron chi connectivity index (χ4n) is 3.53. The van der Waals surface area contributed by atoms with E-state index in [1.54, 1.807) is 11.3 Å². The molecular weight excluding hydrogens is 242 g/mol. The highest BCUT2D eigenvalue weighted by molar-refractivity contribution is 7.09. The summed E-state index contributed by atoms with van der Waals surface area (Å²) < 4.78 is 0. The van der Waals surface area contributed by atoms with Gasteiger partial charge in [0.1, 0.15) is 5.01 Å². The highest BCUT2D eigenvalue weighted by Crippen LogP contribution is 2.30. The van der Waals surface area contributed by atoms with E-state index in [0.717, 1.165) is 18.5 Å². The van der Waals surface area contributed by atoms with Crippen LogP contribution in [-0.4, -0.2) is 23.6 Å². The third kappa shape index (κ3) is 2.92. The normalized spacial score (nSPS) is 32.8. The molecule has 0 radical (unpaired) electrons. The summed E-state index contributed by atoms with van der Waals surface area (Å²) in [6.07, 6.45) is 10.2. The minimum atomic E-state index is 0.693. The summed E-state index contributed by atoms with van der Waals surface area (Å²) in [6.45, 7) is 2.17. The molecule has 1 aliphatic carbocycles. The van der Waals surface area contributed by atoms with Gasteiger partial charge in [-0.1, -0.05) is 12.8 Å². The molecule has 0 amide bonds. The average molecular weight is 265 g/mol. The molecule has 1 aromatic rings. The molecule has 1 saturated carbocycles. The van der Waals surface area contributed by atoms with Crippen LogP contribution in [0.2, 0.25) is 0 Å². The Morgan fingerprint density at radius 3 is 3.00 bits per heavy atom. The van der Waals surface area contributed by atoms with Gasteiger partial charge in [0.05, 0.1) is 0 Å². The van der Waals surface area contributed by atoms with Crippen LogP contribution in [0.25, 0.3) is 0 Å². The van der Waals surface area contributed by atoms with E-state index < -0.39 is 0 Å². The maximum atomic E-state index is 4.36. The first-order valence-electron chi connectivity index (χ1n) is 7.28. The second-order valence-electron chi connectivity index (χ2n) is 5.56. The molecule has 0 bridgehead atoms. The summed E-state index contributed by atoms with van der Waals surface area (Å²) in [4.78, 5) is 4.36. The number of hydrogen-bond acceptors (Lipinski definition) is 4. The van der Waals surface area contributed by atoms with Crippen LogP contribution in [0.3, 0.4) is 0 Å². The van der Waals surface area contributed by atoms with Crippen LogP contribution in [0.5, 0.6) is 0 Å². The number of nitrogens with zero attached hydrogens (tertiary/aromatic N) is 1. The summed E-state index contributed by atoms with van der Waals surface area (Å²) in [5, 5.41) is 10.7. The molecule has 3 atom stereocenters. The molecule has 18 heavy (non-hydrogen) atoms. The summed E-state index contributed by atoms with van der Waals surface area (Å²) >= 11 is 1.76. The predicted molar refractivity (Wildman–Crippen MR) is 75.7 cm³/mol. The van der Waals surface area contributed by atoms with Crippen molar-refractivity contribution in [1.82, 2.24) is 15.6 Å². The van der Waals surface area contributed by atoms with Crippen molar-refractivity contribution in [2.24, 2.45) is 5.92 Å². The third-order valence-electron chi connectivity index (χ3n) is 4.43. The molecule has 100 valence electrons. The smallest absolute Gasteiger partial charge is 0.106 e. The van der Waals surface area contributed by atoms with Gasteiger partial charge in [0.25, 0.3) is 0 Å². The lowest BCUT2D eigenvalue weighted by Crippen LogP contribution is -2.46. The molecule has 3 rings (SSSR count). The van der Waals surface area contributed by atoms with Gasteiger partial charge in [-0.2, -0.15) is 0 Å². The lowest BCUT2D eigenvalue weighted by Gasteiger charge is -2.36. The number of hydrogen-bond donors (Lipinski definition) is 2. The molecule has 2 N–H and O–H groups in total. The Kier molecular flexibility index (Phi) is 4.28. The van der Waals surface area contributed by atoms with E-state index >= 15 is 0 Å². The first-order valence-corrected chi connectivity index (χ1v) is 8.16. The Bertz CT molecular complexity index is 346.